The number of benzene rings is 3. The number of aromatic amines is 1. The highest BCUT2D eigenvalue weighted by Crippen LogP contribution is 2.30. The summed E-state index contributed by atoms with van der Waals surface area (Å²) in [6.45, 7) is 2.99. The number of nitrogens with zero attached hydrogens (tertiary/aromatic N) is 4. The molecule has 6 rings (SSSR count). The normalized spacial score (nSPS) is 14.7. The zero-order valence-electron chi connectivity index (χ0n) is 27.3. The number of piperazine rings is 1. The first-order chi connectivity index (χ1) is 24.2. The van der Waals surface area contributed by atoms with Gasteiger partial charge < -0.3 is 15.2 Å². The van der Waals surface area contributed by atoms with Gasteiger partial charge in [0.2, 0.25) is 11.8 Å². The first-order valence-corrected chi connectivity index (χ1v) is 16.4. The number of aromatic nitrogens is 3. The van der Waals surface area contributed by atoms with E-state index < -0.39 is 23.6 Å². The number of amides is 2. The molecule has 3 heterocycles. The minimum atomic E-state index is -4.50. The van der Waals surface area contributed by atoms with Gasteiger partial charge in [0.25, 0.3) is 0 Å². The van der Waals surface area contributed by atoms with Crippen molar-refractivity contribution in [3.63, 3.8) is 0 Å². The number of H-pyrrole nitrogens is 1. The monoisotopic (exact) mass is 678 g/mol. The Labute approximate surface area is 288 Å². The smallest absolute Gasteiger partial charge is 0.348 e. The van der Waals surface area contributed by atoms with Crippen molar-refractivity contribution < 1.29 is 22.8 Å². The number of carbonyl (C=O) groups excluding carboxylic acids is 2. The third kappa shape index (κ3) is 8.91. The second-order valence-corrected chi connectivity index (χ2v) is 12.2. The lowest BCUT2D eigenvalue weighted by Gasteiger charge is -2.36. The fraction of sp³-hybridized carbons (Fsp3) is 0.231. The van der Waals surface area contributed by atoms with Gasteiger partial charge in [-0.2, -0.15) is 13.2 Å². The van der Waals surface area contributed by atoms with Crippen LogP contribution in [0.15, 0.2) is 121 Å². The van der Waals surface area contributed by atoms with Crippen LogP contribution >= 0.6 is 0 Å². The van der Waals surface area contributed by atoms with E-state index in [9.17, 15) is 22.8 Å². The van der Waals surface area contributed by atoms with Gasteiger partial charge in [-0.15, -0.1) is 0 Å². The zero-order chi connectivity index (χ0) is 34.9. The Morgan fingerprint density at radius 2 is 1.54 bits per heavy atom. The molecule has 2 aromatic heterocycles. The van der Waals surface area contributed by atoms with Gasteiger partial charge in [-0.3, -0.25) is 19.5 Å². The van der Waals surface area contributed by atoms with Crippen LogP contribution in [-0.2, 0) is 35.3 Å². The number of carbonyl (C=O) groups is 2. The lowest BCUT2D eigenvalue weighted by Crippen LogP contribution is -2.51. The maximum atomic E-state index is 14.4. The first kappa shape index (κ1) is 34.3. The van der Waals surface area contributed by atoms with Crippen LogP contribution < -0.4 is 5.32 Å². The van der Waals surface area contributed by atoms with Crippen LogP contribution in [0.4, 0.5) is 13.2 Å². The predicted octanol–water partition coefficient (Wildman–Crippen LogP) is 6.39. The van der Waals surface area contributed by atoms with Crippen LogP contribution in [0.2, 0.25) is 0 Å². The van der Waals surface area contributed by atoms with Crippen LogP contribution in [0.3, 0.4) is 0 Å². The summed E-state index contributed by atoms with van der Waals surface area (Å²) in [5, 5.41) is 2.98. The largest absolute Gasteiger partial charge is 0.416 e. The first-order valence-electron chi connectivity index (χ1n) is 16.4. The number of rotatable bonds is 11. The molecule has 1 saturated heterocycles. The Balaban J connectivity index is 1.27. The summed E-state index contributed by atoms with van der Waals surface area (Å²) in [6, 6.07) is 27.4. The average Bonchev–Trinajstić information content (AvgIpc) is 3.66. The van der Waals surface area contributed by atoms with E-state index in [0.717, 1.165) is 40.3 Å². The van der Waals surface area contributed by atoms with Crippen molar-refractivity contribution in [1.29, 1.82) is 0 Å². The molecule has 5 aromatic rings. The number of nitrogens with one attached hydrogen (secondary N) is 2. The van der Waals surface area contributed by atoms with Crippen LogP contribution in [0, 0.1) is 5.92 Å². The van der Waals surface area contributed by atoms with E-state index in [1.54, 1.807) is 29.6 Å². The minimum Gasteiger partial charge on any atom is -0.348 e. The van der Waals surface area contributed by atoms with Gasteiger partial charge in [-0.05, 0) is 53.5 Å². The number of imidazole rings is 1. The molecule has 0 aliphatic carbocycles. The Morgan fingerprint density at radius 1 is 0.820 bits per heavy atom. The molecule has 0 bridgehead atoms. The summed E-state index contributed by atoms with van der Waals surface area (Å²) in [4.78, 5) is 44.3. The van der Waals surface area contributed by atoms with Crippen molar-refractivity contribution in [3.8, 4) is 11.3 Å². The van der Waals surface area contributed by atoms with Crippen molar-refractivity contribution in [1.82, 2.24) is 30.1 Å². The summed E-state index contributed by atoms with van der Waals surface area (Å²) < 4.78 is 40.1. The Bertz CT molecular complexity index is 1870. The molecule has 2 amide bonds. The topological polar surface area (TPSA) is 94.2 Å². The second-order valence-electron chi connectivity index (χ2n) is 12.2. The molecule has 3 aromatic carbocycles. The standard InChI is InChI=1S/C39H37F3N6O2/c40-39(41,42)32-15-11-29(12-16-32)24-33(37(49)46-26-30-9-13-31(14-10-30)35-8-4-5-17-43-35)34(25-28-6-2-1-3-7-28)38(50)48-22-20-47(21-23-48)27-36-44-18-19-45-36/h1-19,24,34H,20-23,25-27H2,(H,44,45)(H,46,49)/t34-/m0/s1. The van der Waals surface area contributed by atoms with E-state index in [4.69, 9.17) is 0 Å². The number of halogens is 3. The third-order valence-corrected chi connectivity index (χ3v) is 8.76. The van der Waals surface area contributed by atoms with Gasteiger partial charge in [0.05, 0.1) is 23.7 Å². The molecule has 1 aliphatic rings. The summed E-state index contributed by atoms with van der Waals surface area (Å²) in [6.07, 6.45) is 2.48. The molecule has 1 atom stereocenters. The van der Waals surface area contributed by atoms with Gasteiger partial charge in [0.1, 0.15) is 5.82 Å². The molecule has 0 saturated carbocycles. The van der Waals surface area contributed by atoms with Gasteiger partial charge >= 0.3 is 6.18 Å². The number of hydrogen-bond acceptors (Lipinski definition) is 5. The fourth-order valence-electron chi connectivity index (χ4n) is 6.01. The minimum absolute atomic E-state index is 0.182. The summed E-state index contributed by atoms with van der Waals surface area (Å²) in [5.41, 5.74) is 3.23. The molecule has 0 unspecified atom stereocenters. The highest BCUT2D eigenvalue weighted by molar-refractivity contribution is 6.04. The van der Waals surface area contributed by atoms with Gasteiger partial charge in [-0.1, -0.05) is 72.8 Å². The van der Waals surface area contributed by atoms with E-state index in [-0.39, 0.29) is 24.4 Å². The van der Waals surface area contributed by atoms with E-state index in [2.05, 4.69) is 25.2 Å². The molecule has 1 aliphatic heterocycles. The van der Waals surface area contributed by atoms with Crippen LogP contribution in [-0.4, -0.2) is 62.7 Å². The summed E-state index contributed by atoms with van der Waals surface area (Å²) in [7, 11) is 0. The maximum absolute atomic E-state index is 14.4. The van der Waals surface area contributed by atoms with Crippen molar-refractivity contribution in [2.75, 3.05) is 26.2 Å². The summed E-state index contributed by atoms with van der Waals surface area (Å²) >= 11 is 0. The summed E-state index contributed by atoms with van der Waals surface area (Å²) in [5.74, 6) is -0.719. The van der Waals surface area contributed by atoms with Crippen molar-refractivity contribution in [2.45, 2.75) is 25.7 Å². The second kappa shape index (κ2) is 15.8. The predicted molar refractivity (Wildman–Crippen MR) is 185 cm³/mol. The fourth-order valence-corrected chi connectivity index (χ4v) is 6.01. The van der Waals surface area contributed by atoms with Gasteiger partial charge in [0.15, 0.2) is 0 Å². The van der Waals surface area contributed by atoms with Crippen LogP contribution in [0.25, 0.3) is 17.3 Å². The zero-order valence-corrected chi connectivity index (χ0v) is 27.3. The van der Waals surface area contributed by atoms with E-state index in [1.165, 1.54) is 12.1 Å². The number of pyridine rings is 1. The molecule has 0 radical (unpaired) electrons. The van der Waals surface area contributed by atoms with Gasteiger partial charge in [-0.25, -0.2) is 4.98 Å². The Kier molecular flexibility index (Phi) is 10.8. The quantitative estimate of drug-likeness (QED) is 0.158. The van der Waals surface area contributed by atoms with Crippen molar-refractivity contribution in [3.05, 3.63) is 149 Å². The van der Waals surface area contributed by atoms with Crippen LogP contribution in [0.1, 0.15) is 28.1 Å². The van der Waals surface area contributed by atoms with Crippen molar-refractivity contribution in [2.24, 2.45) is 5.92 Å². The highest BCUT2D eigenvalue weighted by atomic mass is 19.4. The highest BCUT2D eigenvalue weighted by Gasteiger charge is 2.34. The van der Waals surface area contributed by atoms with Crippen molar-refractivity contribution >= 4 is 17.9 Å². The van der Waals surface area contributed by atoms with Crippen LogP contribution in [0.5, 0.6) is 0 Å². The van der Waals surface area contributed by atoms with E-state index in [0.29, 0.717) is 38.3 Å². The van der Waals surface area contributed by atoms with Gasteiger partial charge in [0, 0.05) is 62.5 Å². The SMILES string of the molecule is O=C(NCc1ccc(-c2ccccn2)cc1)C(=Cc1ccc(C(F)(F)F)cc1)[C@H](Cc1ccccc1)C(=O)N1CCN(Cc2ncc[nH]2)CC1. The molecular weight excluding hydrogens is 641 g/mol. The number of hydrogen-bond donors (Lipinski definition) is 2. The Hall–Kier alpha value is -5.55. The molecule has 50 heavy (non-hydrogen) atoms. The lowest BCUT2D eigenvalue weighted by molar-refractivity contribution is -0.138. The molecular formula is C39H37F3N6O2. The molecule has 8 nitrogen and oxygen atoms in total. The lowest BCUT2D eigenvalue weighted by atomic mass is 9.88. The molecule has 11 heteroatoms. The number of alkyl halides is 3. The molecule has 0 spiro atoms. The van der Waals surface area contributed by atoms with E-state index in [1.807, 2.05) is 72.8 Å². The Morgan fingerprint density at radius 3 is 2.18 bits per heavy atom. The van der Waals surface area contributed by atoms with E-state index >= 15 is 0 Å². The molecule has 2 N–H and O–H groups in total. The maximum Gasteiger partial charge on any atom is 0.416 e. The molecule has 256 valence electrons. The third-order valence-electron chi connectivity index (χ3n) is 8.76. The molecule has 1 fully saturated rings. The average molecular weight is 679 g/mol.